The lowest BCUT2D eigenvalue weighted by atomic mass is 10.0. The summed E-state index contributed by atoms with van der Waals surface area (Å²) in [6.07, 6.45) is 0. The average molecular weight is 246 g/mol. The lowest BCUT2D eigenvalue weighted by Gasteiger charge is -1.97. The molecule has 0 N–H and O–H groups in total. The SMILES string of the molecule is Cc1cc(C)c2oc3c4ccccc4ccc3c2c1. The van der Waals surface area contributed by atoms with Crippen molar-refractivity contribution < 1.29 is 4.42 Å². The van der Waals surface area contributed by atoms with Crippen LogP contribution >= 0.6 is 0 Å². The van der Waals surface area contributed by atoms with E-state index in [4.69, 9.17) is 4.42 Å². The van der Waals surface area contributed by atoms with Gasteiger partial charge in [0, 0.05) is 16.2 Å². The fourth-order valence-corrected chi connectivity index (χ4v) is 2.96. The summed E-state index contributed by atoms with van der Waals surface area (Å²) < 4.78 is 6.15. The zero-order valence-corrected chi connectivity index (χ0v) is 11.0. The minimum Gasteiger partial charge on any atom is -0.455 e. The number of rotatable bonds is 0. The molecule has 1 heterocycles. The first-order chi connectivity index (χ1) is 9.24. The Hall–Kier alpha value is -2.28. The van der Waals surface area contributed by atoms with E-state index in [1.807, 2.05) is 0 Å². The molecule has 1 nitrogen and oxygen atoms in total. The van der Waals surface area contributed by atoms with Gasteiger partial charge in [-0.3, -0.25) is 0 Å². The van der Waals surface area contributed by atoms with E-state index in [1.54, 1.807) is 0 Å². The third-order valence-corrected chi connectivity index (χ3v) is 3.79. The standard InChI is InChI=1S/C18H14O/c1-11-9-12(2)17-16(10-11)15-8-7-13-5-3-4-6-14(13)18(15)19-17/h3-10H,1-2H3. The topological polar surface area (TPSA) is 13.1 Å². The molecule has 19 heavy (non-hydrogen) atoms. The van der Waals surface area contributed by atoms with E-state index in [0.29, 0.717) is 0 Å². The highest BCUT2D eigenvalue weighted by atomic mass is 16.3. The Morgan fingerprint density at radius 3 is 2.47 bits per heavy atom. The van der Waals surface area contributed by atoms with Crippen molar-refractivity contribution in [1.82, 2.24) is 0 Å². The van der Waals surface area contributed by atoms with Gasteiger partial charge in [0.25, 0.3) is 0 Å². The minimum absolute atomic E-state index is 1.00. The van der Waals surface area contributed by atoms with Crippen molar-refractivity contribution in [1.29, 1.82) is 0 Å². The van der Waals surface area contributed by atoms with Crippen LogP contribution in [0, 0.1) is 13.8 Å². The number of hydrogen-bond acceptors (Lipinski definition) is 1. The highest BCUT2D eigenvalue weighted by Gasteiger charge is 2.11. The van der Waals surface area contributed by atoms with E-state index in [-0.39, 0.29) is 0 Å². The van der Waals surface area contributed by atoms with Gasteiger partial charge in [-0.2, -0.15) is 0 Å². The highest BCUT2D eigenvalue weighted by Crippen LogP contribution is 2.35. The maximum Gasteiger partial charge on any atom is 0.143 e. The third kappa shape index (κ3) is 1.42. The second-order valence-electron chi connectivity index (χ2n) is 5.22. The molecule has 92 valence electrons. The molecule has 4 aromatic rings. The number of furan rings is 1. The van der Waals surface area contributed by atoms with E-state index in [2.05, 4.69) is 62.4 Å². The minimum atomic E-state index is 1.00. The van der Waals surface area contributed by atoms with Crippen LogP contribution in [0.15, 0.2) is 52.9 Å². The molecular formula is C18H14O. The van der Waals surface area contributed by atoms with Crippen molar-refractivity contribution in [3.8, 4) is 0 Å². The summed E-state index contributed by atoms with van der Waals surface area (Å²) in [5, 5.41) is 4.84. The van der Waals surface area contributed by atoms with Crippen molar-refractivity contribution in [2.75, 3.05) is 0 Å². The van der Waals surface area contributed by atoms with Gasteiger partial charge in [0.2, 0.25) is 0 Å². The largest absolute Gasteiger partial charge is 0.455 e. The van der Waals surface area contributed by atoms with Gasteiger partial charge in [-0.25, -0.2) is 0 Å². The number of aryl methyl sites for hydroxylation is 2. The van der Waals surface area contributed by atoms with Crippen LogP contribution in [0.25, 0.3) is 32.7 Å². The predicted molar refractivity (Wildman–Crippen MR) is 80.7 cm³/mol. The number of benzene rings is 3. The zero-order chi connectivity index (χ0) is 13.0. The fraction of sp³-hybridized carbons (Fsp3) is 0.111. The van der Waals surface area contributed by atoms with Crippen LogP contribution < -0.4 is 0 Å². The zero-order valence-electron chi connectivity index (χ0n) is 11.0. The molecule has 0 aliphatic rings. The first kappa shape index (κ1) is 10.6. The van der Waals surface area contributed by atoms with Crippen LogP contribution in [-0.2, 0) is 0 Å². The molecule has 0 spiro atoms. The summed E-state index contributed by atoms with van der Waals surface area (Å²) in [7, 11) is 0. The normalized spacial score (nSPS) is 11.7. The van der Waals surface area contributed by atoms with Gasteiger partial charge in [-0.05, 0) is 42.5 Å². The quantitative estimate of drug-likeness (QED) is 0.407. The molecule has 0 aliphatic heterocycles. The molecule has 0 bridgehead atoms. The summed E-state index contributed by atoms with van der Waals surface area (Å²) in [6, 6.07) is 17.1. The van der Waals surface area contributed by atoms with E-state index < -0.39 is 0 Å². The molecule has 1 aromatic heterocycles. The van der Waals surface area contributed by atoms with Crippen molar-refractivity contribution in [3.05, 3.63) is 59.7 Å². The maximum absolute atomic E-state index is 6.15. The lowest BCUT2D eigenvalue weighted by molar-refractivity contribution is 0.669. The van der Waals surface area contributed by atoms with Crippen LogP contribution in [0.3, 0.4) is 0 Å². The fourth-order valence-electron chi connectivity index (χ4n) is 2.96. The Balaban J connectivity index is 2.31. The van der Waals surface area contributed by atoms with Crippen molar-refractivity contribution in [3.63, 3.8) is 0 Å². The second kappa shape index (κ2) is 3.61. The Morgan fingerprint density at radius 1 is 0.737 bits per heavy atom. The number of fused-ring (bicyclic) bond motifs is 5. The van der Waals surface area contributed by atoms with Crippen LogP contribution in [-0.4, -0.2) is 0 Å². The van der Waals surface area contributed by atoms with Crippen molar-refractivity contribution in [2.45, 2.75) is 13.8 Å². The summed E-state index contributed by atoms with van der Waals surface area (Å²) >= 11 is 0. The first-order valence-corrected chi connectivity index (χ1v) is 6.55. The van der Waals surface area contributed by atoms with Crippen LogP contribution in [0.5, 0.6) is 0 Å². The monoisotopic (exact) mass is 246 g/mol. The van der Waals surface area contributed by atoms with Gasteiger partial charge in [0.1, 0.15) is 11.2 Å². The molecule has 0 fully saturated rings. The van der Waals surface area contributed by atoms with Gasteiger partial charge in [-0.15, -0.1) is 0 Å². The summed E-state index contributed by atoms with van der Waals surface area (Å²) in [5.41, 5.74) is 4.50. The first-order valence-electron chi connectivity index (χ1n) is 6.55. The van der Waals surface area contributed by atoms with Crippen LogP contribution in [0.2, 0.25) is 0 Å². The van der Waals surface area contributed by atoms with Crippen molar-refractivity contribution in [2.24, 2.45) is 0 Å². The van der Waals surface area contributed by atoms with E-state index in [1.165, 1.54) is 32.7 Å². The molecule has 0 aliphatic carbocycles. The Labute approximate surface area is 111 Å². The molecule has 4 rings (SSSR count). The molecule has 0 amide bonds. The van der Waals surface area contributed by atoms with E-state index >= 15 is 0 Å². The molecule has 0 saturated carbocycles. The highest BCUT2D eigenvalue weighted by molar-refractivity contribution is 6.15. The Morgan fingerprint density at radius 2 is 1.58 bits per heavy atom. The van der Waals surface area contributed by atoms with E-state index in [0.717, 1.165) is 11.2 Å². The summed E-state index contributed by atoms with van der Waals surface area (Å²) in [4.78, 5) is 0. The molecule has 3 aromatic carbocycles. The van der Waals surface area contributed by atoms with Gasteiger partial charge < -0.3 is 4.42 Å². The van der Waals surface area contributed by atoms with E-state index in [9.17, 15) is 0 Å². The second-order valence-corrected chi connectivity index (χ2v) is 5.22. The van der Waals surface area contributed by atoms with Crippen LogP contribution in [0.1, 0.15) is 11.1 Å². The molecule has 0 saturated heterocycles. The lowest BCUT2D eigenvalue weighted by Crippen LogP contribution is -1.77. The van der Waals surface area contributed by atoms with Gasteiger partial charge in [0.15, 0.2) is 0 Å². The van der Waals surface area contributed by atoms with Crippen LogP contribution in [0.4, 0.5) is 0 Å². The average Bonchev–Trinajstić information content (AvgIpc) is 2.78. The van der Waals surface area contributed by atoms with Gasteiger partial charge >= 0.3 is 0 Å². The Bertz CT molecular complexity index is 929. The molecule has 1 heteroatoms. The van der Waals surface area contributed by atoms with Gasteiger partial charge in [-0.1, -0.05) is 36.4 Å². The molecular weight excluding hydrogens is 232 g/mol. The molecule has 0 atom stereocenters. The molecule has 0 unspecified atom stereocenters. The Kier molecular flexibility index (Phi) is 2.02. The smallest absolute Gasteiger partial charge is 0.143 e. The third-order valence-electron chi connectivity index (χ3n) is 3.79. The maximum atomic E-state index is 6.15. The molecule has 0 radical (unpaired) electrons. The van der Waals surface area contributed by atoms with Gasteiger partial charge in [0.05, 0.1) is 0 Å². The van der Waals surface area contributed by atoms with Crippen molar-refractivity contribution >= 4 is 32.7 Å². The summed E-state index contributed by atoms with van der Waals surface area (Å²) in [5.74, 6) is 0. The predicted octanol–water partition coefficient (Wildman–Crippen LogP) is 5.36. The number of hydrogen-bond donors (Lipinski definition) is 0. The summed E-state index contributed by atoms with van der Waals surface area (Å²) in [6.45, 7) is 4.24.